The second-order valence-electron chi connectivity index (χ2n) is 4.39. The third kappa shape index (κ3) is 3.20. The Hall–Kier alpha value is -1.99. The van der Waals surface area contributed by atoms with Gasteiger partial charge in [0.25, 0.3) is 0 Å². The molecule has 0 spiro atoms. The molecular formula is C13H11ClN6S. The average Bonchev–Trinajstić information content (AvgIpc) is 2.86. The molecule has 3 aromatic rings. The van der Waals surface area contributed by atoms with Crippen LogP contribution in [0, 0.1) is 13.8 Å². The van der Waals surface area contributed by atoms with Gasteiger partial charge in [0, 0.05) is 6.07 Å². The molecule has 2 heterocycles. The van der Waals surface area contributed by atoms with Crippen molar-refractivity contribution in [3.63, 3.8) is 0 Å². The Morgan fingerprint density at radius 2 is 1.86 bits per heavy atom. The summed E-state index contributed by atoms with van der Waals surface area (Å²) < 4.78 is 1.66. The van der Waals surface area contributed by atoms with Crippen molar-refractivity contribution in [2.45, 2.75) is 24.0 Å². The first-order chi connectivity index (χ1) is 10.1. The van der Waals surface area contributed by atoms with Crippen molar-refractivity contribution in [2.75, 3.05) is 0 Å². The Morgan fingerprint density at radius 1 is 1.10 bits per heavy atom. The van der Waals surface area contributed by atoms with E-state index in [4.69, 9.17) is 11.6 Å². The largest absolute Gasteiger partial charge is 0.226 e. The Morgan fingerprint density at radius 3 is 2.57 bits per heavy atom. The van der Waals surface area contributed by atoms with Crippen LogP contribution in [0.3, 0.4) is 0 Å². The van der Waals surface area contributed by atoms with Crippen molar-refractivity contribution in [3.8, 4) is 5.69 Å². The van der Waals surface area contributed by atoms with Crippen molar-refractivity contribution in [1.82, 2.24) is 30.2 Å². The summed E-state index contributed by atoms with van der Waals surface area (Å²) in [7, 11) is 0. The van der Waals surface area contributed by atoms with E-state index in [0.29, 0.717) is 21.2 Å². The molecule has 0 atom stereocenters. The standard InChI is InChI=1S/C13H11ClN6S/c1-8-3-5-10(6-4-8)20-13(17-18-19-20)21-12-7-11(14)15-9(2)16-12/h3-7H,1-2H3. The number of hydrogen-bond donors (Lipinski definition) is 0. The monoisotopic (exact) mass is 318 g/mol. The molecule has 106 valence electrons. The highest BCUT2D eigenvalue weighted by Crippen LogP contribution is 2.26. The average molecular weight is 319 g/mol. The predicted octanol–water partition coefficient (Wildman–Crippen LogP) is 2.87. The van der Waals surface area contributed by atoms with Crippen LogP contribution in [0.2, 0.25) is 5.15 Å². The van der Waals surface area contributed by atoms with Gasteiger partial charge >= 0.3 is 0 Å². The van der Waals surface area contributed by atoms with E-state index in [1.807, 2.05) is 31.2 Å². The van der Waals surface area contributed by atoms with E-state index in [-0.39, 0.29) is 0 Å². The van der Waals surface area contributed by atoms with Crippen molar-refractivity contribution in [1.29, 1.82) is 0 Å². The fourth-order valence-corrected chi connectivity index (χ4v) is 2.87. The van der Waals surface area contributed by atoms with Crippen LogP contribution in [0.25, 0.3) is 5.69 Å². The molecule has 0 fully saturated rings. The summed E-state index contributed by atoms with van der Waals surface area (Å²) in [6.45, 7) is 3.82. The highest BCUT2D eigenvalue weighted by molar-refractivity contribution is 7.99. The van der Waals surface area contributed by atoms with Crippen LogP contribution >= 0.6 is 23.4 Å². The number of tetrazole rings is 1. The molecule has 0 aliphatic heterocycles. The third-order valence-corrected chi connectivity index (χ3v) is 3.75. The highest BCUT2D eigenvalue weighted by atomic mass is 35.5. The predicted molar refractivity (Wildman–Crippen MR) is 79.8 cm³/mol. The van der Waals surface area contributed by atoms with Gasteiger partial charge in [-0.1, -0.05) is 29.3 Å². The zero-order valence-corrected chi connectivity index (χ0v) is 12.9. The summed E-state index contributed by atoms with van der Waals surface area (Å²) in [5.74, 6) is 0.611. The second kappa shape index (κ2) is 5.79. The maximum Gasteiger partial charge on any atom is 0.220 e. The Labute approximate surface area is 130 Å². The Bertz CT molecular complexity index is 750. The normalized spacial score (nSPS) is 10.8. The molecule has 0 aliphatic carbocycles. The van der Waals surface area contributed by atoms with Crippen molar-refractivity contribution >= 4 is 23.4 Å². The molecule has 0 unspecified atom stereocenters. The number of aromatic nitrogens is 6. The summed E-state index contributed by atoms with van der Waals surface area (Å²) in [4.78, 5) is 8.35. The van der Waals surface area contributed by atoms with Gasteiger partial charge in [0.2, 0.25) is 5.16 Å². The van der Waals surface area contributed by atoms with E-state index < -0.39 is 0 Å². The lowest BCUT2D eigenvalue weighted by Gasteiger charge is -2.04. The minimum atomic E-state index is 0.402. The zero-order chi connectivity index (χ0) is 14.8. The molecule has 0 bridgehead atoms. The van der Waals surface area contributed by atoms with Gasteiger partial charge in [-0.25, -0.2) is 9.97 Å². The molecule has 6 nitrogen and oxygen atoms in total. The van der Waals surface area contributed by atoms with Crippen LogP contribution in [0.4, 0.5) is 0 Å². The summed E-state index contributed by atoms with van der Waals surface area (Å²) in [5, 5.41) is 13.5. The van der Waals surface area contributed by atoms with E-state index >= 15 is 0 Å². The van der Waals surface area contributed by atoms with Crippen molar-refractivity contribution in [3.05, 3.63) is 46.9 Å². The van der Waals surface area contributed by atoms with Crippen molar-refractivity contribution in [2.24, 2.45) is 0 Å². The number of benzene rings is 1. The molecule has 8 heteroatoms. The molecule has 2 aromatic heterocycles. The molecular weight excluding hydrogens is 308 g/mol. The first-order valence-electron chi connectivity index (χ1n) is 6.16. The molecule has 0 radical (unpaired) electrons. The first kappa shape index (κ1) is 14.0. The lowest BCUT2D eigenvalue weighted by atomic mass is 10.2. The van der Waals surface area contributed by atoms with Crippen molar-refractivity contribution < 1.29 is 0 Å². The van der Waals surface area contributed by atoms with E-state index in [1.54, 1.807) is 17.7 Å². The van der Waals surface area contributed by atoms with Gasteiger partial charge in [0.05, 0.1) is 5.69 Å². The van der Waals surface area contributed by atoms with Gasteiger partial charge in [0.15, 0.2) is 0 Å². The smallest absolute Gasteiger partial charge is 0.220 e. The summed E-state index contributed by atoms with van der Waals surface area (Å²) in [6, 6.07) is 9.64. The summed E-state index contributed by atoms with van der Waals surface area (Å²) >= 11 is 7.28. The first-order valence-corrected chi connectivity index (χ1v) is 7.36. The van der Waals surface area contributed by atoms with Gasteiger partial charge in [-0.05, 0) is 48.2 Å². The Balaban J connectivity index is 1.94. The zero-order valence-electron chi connectivity index (χ0n) is 11.4. The molecule has 3 rings (SSSR count). The van der Waals surface area contributed by atoms with E-state index in [0.717, 1.165) is 5.69 Å². The topological polar surface area (TPSA) is 69.4 Å². The van der Waals surface area contributed by atoms with Crippen LogP contribution in [0.1, 0.15) is 11.4 Å². The molecule has 1 aromatic carbocycles. The lowest BCUT2D eigenvalue weighted by Crippen LogP contribution is -1.99. The quantitative estimate of drug-likeness (QED) is 0.692. The van der Waals surface area contributed by atoms with Crippen LogP contribution in [0.15, 0.2) is 40.5 Å². The third-order valence-electron chi connectivity index (χ3n) is 2.70. The molecule has 0 N–H and O–H groups in total. The molecule has 0 amide bonds. The van der Waals surface area contributed by atoms with E-state index in [2.05, 4.69) is 25.5 Å². The number of hydrogen-bond acceptors (Lipinski definition) is 6. The second-order valence-corrected chi connectivity index (χ2v) is 5.76. The number of rotatable bonds is 3. The van der Waals surface area contributed by atoms with Gasteiger partial charge in [-0.2, -0.15) is 4.68 Å². The number of nitrogens with zero attached hydrogens (tertiary/aromatic N) is 6. The fraction of sp³-hybridized carbons (Fsp3) is 0.154. The van der Waals surface area contributed by atoms with Crippen LogP contribution in [0.5, 0.6) is 0 Å². The molecule has 0 aliphatic rings. The van der Waals surface area contributed by atoms with Crippen LogP contribution in [-0.4, -0.2) is 30.2 Å². The van der Waals surface area contributed by atoms with E-state index in [1.165, 1.54) is 17.3 Å². The highest BCUT2D eigenvalue weighted by Gasteiger charge is 2.12. The maximum atomic E-state index is 5.94. The lowest BCUT2D eigenvalue weighted by molar-refractivity contribution is 0.755. The minimum Gasteiger partial charge on any atom is -0.226 e. The van der Waals surface area contributed by atoms with E-state index in [9.17, 15) is 0 Å². The number of halogens is 1. The molecule has 21 heavy (non-hydrogen) atoms. The SMILES string of the molecule is Cc1ccc(-n2nnnc2Sc2cc(Cl)nc(C)n2)cc1. The fourth-order valence-electron chi connectivity index (χ4n) is 1.74. The Kier molecular flexibility index (Phi) is 3.85. The van der Waals surface area contributed by atoms with Gasteiger partial charge < -0.3 is 0 Å². The van der Waals surface area contributed by atoms with Crippen LogP contribution < -0.4 is 0 Å². The molecule has 0 saturated carbocycles. The van der Waals surface area contributed by atoms with Gasteiger partial charge in [-0.3, -0.25) is 0 Å². The number of aryl methyl sites for hydroxylation is 2. The minimum absolute atomic E-state index is 0.402. The van der Waals surface area contributed by atoms with Gasteiger partial charge in [-0.15, -0.1) is 5.10 Å². The maximum absolute atomic E-state index is 5.94. The summed E-state index contributed by atoms with van der Waals surface area (Å²) in [6.07, 6.45) is 0. The van der Waals surface area contributed by atoms with Crippen LogP contribution in [-0.2, 0) is 0 Å². The molecule has 0 saturated heterocycles. The summed E-state index contributed by atoms with van der Waals surface area (Å²) in [5.41, 5.74) is 2.07. The van der Waals surface area contributed by atoms with Gasteiger partial charge in [0.1, 0.15) is 16.0 Å².